The van der Waals surface area contributed by atoms with Gasteiger partial charge in [-0.15, -0.1) is 0 Å². The summed E-state index contributed by atoms with van der Waals surface area (Å²) in [7, 11) is 0. The van der Waals surface area contributed by atoms with Crippen molar-refractivity contribution < 1.29 is 14.3 Å². The first-order valence-corrected chi connectivity index (χ1v) is 8.70. The molecule has 130 valence electrons. The molecule has 0 aliphatic carbocycles. The summed E-state index contributed by atoms with van der Waals surface area (Å²) in [6.45, 7) is 13.2. The summed E-state index contributed by atoms with van der Waals surface area (Å²) < 4.78 is 10.8. The molecule has 1 saturated heterocycles. The fourth-order valence-electron chi connectivity index (χ4n) is 2.68. The van der Waals surface area contributed by atoms with Gasteiger partial charge in [0.25, 0.3) is 0 Å². The minimum atomic E-state index is -0.328. The van der Waals surface area contributed by atoms with Gasteiger partial charge in [-0.25, -0.2) is 4.79 Å². The molecule has 1 aliphatic heterocycles. The number of carbonyl (C=O) groups excluding carboxylic acids is 1. The molecule has 0 aromatic carbocycles. The van der Waals surface area contributed by atoms with Crippen LogP contribution in [0.2, 0.25) is 0 Å². The van der Waals surface area contributed by atoms with E-state index in [0.29, 0.717) is 24.7 Å². The first-order chi connectivity index (χ1) is 10.9. The van der Waals surface area contributed by atoms with Crippen LogP contribution in [-0.4, -0.2) is 25.3 Å². The molecular weight excluding hydrogens is 288 g/mol. The van der Waals surface area contributed by atoms with Gasteiger partial charge >= 0.3 is 5.97 Å². The van der Waals surface area contributed by atoms with E-state index < -0.39 is 0 Å². The Morgan fingerprint density at radius 3 is 2.57 bits per heavy atom. The van der Waals surface area contributed by atoms with E-state index in [9.17, 15) is 4.79 Å². The highest BCUT2D eigenvalue weighted by Gasteiger charge is 2.26. The second-order valence-corrected chi connectivity index (χ2v) is 6.62. The molecule has 1 aliphatic rings. The van der Waals surface area contributed by atoms with Gasteiger partial charge < -0.3 is 9.47 Å². The van der Waals surface area contributed by atoms with E-state index in [-0.39, 0.29) is 12.1 Å². The lowest BCUT2D eigenvalue weighted by Gasteiger charge is -2.29. The van der Waals surface area contributed by atoms with Crippen LogP contribution in [0.5, 0.6) is 0 Å². The molecule has 0 amide bonds. The third-order valence-corrected chi connectivity index (χ3v) is 4.19. The standard InChI is InChI=1S/C20H32O3/c1-6-22-20(21)17(5)19-13-12-18(14-23-19)11-10-16(4)9-7-8-15(2)3/h8,10,18-19H,5-7,9,11-14H2,1-4H3/b16-10+/t18-,19+/m0/s1. The Labute approximate surface area is 141 Å². The Morgan fingerprint density at radius 1 is 1.26 bits per heavy atom. The minimum absolute atomic E-state index is 0.173. The van der Waals surface area contributed by atoms with E-state index in [0.717, 1.165) is 32.1 Å². The molecule has 0 aromatic rings. The fraction of sp³-hybridized carbons (Fsp3) is 0.650. The molecule has 0 spiro atoms. The summed E-state index contributed by atoms with van der Waals surface area (Å²) in [5, 5.41) is 0. The Kier molecular flexibility index (Phi) is 8.93. The quantitative estimate of drug-likeness (QED) is 0.359. The lowest BCUT2D eigenvalue weighted by atomic mass is 9.92. The highest BCUT2D eigenvalue weighted by atomic mass is 16.5. The number of carbonyl (C=O) groups is 1. The third kappa shape index (κ3) is 7.65. The number of allylic oxidation sites excluding steroid dienone is 4. The van der Waals surface area contributed by atoms with Gasteiger partial charge in [-0.3, -0.25) is 0 Å². The van der Waals surface area contributed by atoms with Crippen molar-refractivity contribution in [3.63, 3.8) is 0 Å². The van der Waals surface area contributed by atoms with Crippen molar-refractivity contribution in [3.8, 4) is 0 Å². The van der Waals surface area contributed by atoms with Crippen molar-refractivity contribution in [3.05, 3.63) is 35.5 Å². The van der Waals surface area contributed by atoms with Gasteiger partial charge in [-0.05, 0) is 65.7 Å². The molecule has 0 N–H and O–H groups in total. The van der Waals surface area contributed by atoms with Gasteiger partial charge in [-0.1, -0.05) is 29.9 Å². The first-order valence-electron chi connectivity index (χ1n) is 8.70. The van der Waals surface area contributed by atoms with Crippen LogP contribution in [0.25, 0.3) is 0 Å². The highest BCUT2D eigenvalue weighted by Crippen LogP contribution is 2.26. The van der Waals surface area contributed by atoms with Gasteiger partial charge in [-0.2, -0.15) is 0 Å². The van der Waals surface area contributed by atoms with Crippen LogP contribution in [0, 0.1) is 5.92 Å². The van der Waals surface area contributed by atoms with Crippen LogP contribution in [0.15, 0.2) is 35.5 Å². The van der Waals surface area contributed by atoms with Crippen LogP contribution in [0.1, 0.15) is 59.8 Å². The summed E-state index contributed by atoms with van der Waals surface area (Å²) in [5.74, 6) is 0.214. The van der Waals surface area contributed by atoms with Crippen LogP contribution in [-0.2, 0) is 14.3 Å². The summed E-state index contributed by atoms with van der Waals surface area (Å²) in [6, 6.07) is 0. The Balaban J connectivity index is 2.32. The Hall–Kier alpha value is -1.35. The average molecular weight is 320 g/mol. The van der Waals surface area contributed by atoms with Gasteiger partial charge in [0, 0.05) is 0 Å². The van der Waals surface area contributed by atoms with Crippen LogP contribution >= 0.6 is 0 Å². The van der Waals surface area contributed by atoms with E-state index in [1.165, 1.54) is 11.1 Å². The van der Waals surface area contributed by atoms with E-state index >= 15 is 0 Å². The number of ether oxygens (including phenoxy) is 2. The predicted octanol–water partition coefficient (Wildman–Crippen LogP) is 4.98. The average Bonchev–Trinajstić information content (AvgIpc) is 2.52. The molecule has 1 rings (SSSR count). The SMILES string of the molecule is C=C(C(=O)OCC)[C@H]1CC[C@H](C/C=C(\C)CCC=C(C)C)CO1. The maximum Gasteiger partial charge on any atom is 0.336 e. The van der Waals surface area contributed by atoms with Gasteiger partial charge in [0.15, 0.2) is 0 Å². The van der Waals surface area contributed by atoms with Crippen molar-refractivity contribution in [1.82, 2.24) is 0 Å². The monoisotopic (exact) mass is 320 g/mol. The van der Waals surface area contributed by atoms with Crippen molar-refractivity contribution in [2.45, 2.75) is 65.9 Å². The maximum atomic E-state index is 11.7. The van der Waals surface area contributed by atoms with Gasteiger partial charge in [0.2, 0.25) is 0 Å². The van der Waals surface area contributed by atoms with Crippen LogP contribution < -0.4 is 0 Å². The minimum Gasteiger partial charge on any atom is -0.463 e. The Morgan fingerprint density at radius 2 is 2.00 bits per heavy atom. The zero-order valence-electron chi connectivity index (χ0n) is 15.2. The zero-order valence-corrected chi connectivity index (χ0v) is 15.2. The van der Waals surface area contributed by atoms with Crippen molar-refractivity contribution in [1.29, 1.82) is 0 Å². The van der Waals surface area contributed by atoms with Crippen molar-refractivity contribution in [2.24, 2.45) is 5.92 Å². The molecular formula is C20H32O3. The van der Waals surface area contributed by atoms with Gasteiger partial charge in [0.1, 0.15) is 0 Å². The van der Waals surface area contributed by atoms with E-state index in [1.807, 2.05) is 0 Å². The molecule has 1 fully saturated rings. The predicted molar refractivity (Wildman–Crippen MR) is 95.3 cm³/mol. The molecule has 3 heteroatoms. The van der Waals surface area contributed by atoms with Crippen LogP contribution in [0.3, 0.4) is 0 Å². The smallest absolute Gasteiger partial charge is 0.336 e. The van der Waals surface area contributed by atoms with Crippen LogP contribution in [0.4, 0.5) is 0 Å². The second-order valence-electron chi connectivity index (χ2n) is 6.62. The summed E-state index contributed by atoms with van der Waals surface area (Å²) in [5.41, 5.74) is 3.28. The van der Waals surface area contributed by atoms with Crippen molar-refractivity contribution in [2.75, 3.05) is 13.2 Å². The number of rotatable bonds is 8. The summed E-state index contributed by atoms with van der Waals surface area (Å²) in [4.78, 5) is 11.7. The molecule has 1 heterocycles. The molecule has 0 radical (unpaired) electrons. The second kappa shape index (κ2) is 10.4. The molecule has 3 nitrogen and oxygen atoms in total. The molecule has 23 heavy (non-hydrogen) atoms. The number of hydrogen-bond acceptors (Lipinski definition) is 3. The molecule has 0 aromatic heterocycles. The van der Waals surface area contributed by atoms with Gasteiger partial charge in [0.05, 0.1) is 24.9 Å². The fourth-order valence-corrected chi connectivity index (χ4v) is 2.68. The lowest BCUT2D eigenvalue weighted by Crippen LogP contribution is -2.30. The van der Waals surface area contributed by atoms with Crippen molar-refractivity contribution >= 4 is 5.97 Å². The largest absolute Gasteiger partial charge is 0.463 e. The molecule has 0 bridgehead atoms. The first kappa shape index (κ1) is 19.7. The Bertz CT molecular complexity index is 448. The lowest BCUT2D eigenvalue weighted by molar-refractivity contribution is -0.140. The highest BCUT2D eigenvalue weighted by molar-refractivity contribution is 5.88. The summed E-state index contributed by atoms with van der Waals surface area (Å²) >= 11 is 0. The zero-order chi connectivity index (χ0) is 17.2. The van der Waals surface area contributed by atoms with E-state index in [4.69, 9.17) is 9.47 Å². The number of esters is 1. The topological polar surface area (TPSA) is 35.5 Å². The molecule has 0 unspecified atom stereocenters. The third-order valence-electron chi connectivity index (χ3n) is 4.19. The molecule has 0 saturated carbocycles. The molecule has 2 atom stereocenters. The van der Waals surface area contributed by atoms with E-state index in [1.54, 1.807) is 6.92 Å². The number of hydrogen-bond donors (Lipinski definition) is 0. The summed E-state index contributed by atoms with van der Waals surface area (Å²) in [6.07, 6.45) is 9.68. The van der Waals surface area contributed by atoms with E-state index in [2.05, 4.69) is 39.5 Å². The maximum absolute atomic E-state index is 11.7. The normalized spacial score (nSPS) is 21.7.